The number of benzene rings is 4. The minimum absolute atomic E-state index is 0.702. The van der Waals surface area contributed by atoms with Crippen LogP contribution in [0.3, 0.4) is 0 Å². The maximum absolute atomic E-state index is 6.52. The number of hydrogen-bond acceptors (Lipinski definition) is 5. The van der Waals surface area contributed by atoms with E-state index in [1.54, 1.807) is 12.4 Å². The fourth-order valence-corrected chi connectivity index (χ4v) is 4.95. The predicted octanol–water partition coefficient (Wildman–Crippen LogP) is 8.64. The number of anilines is 3. The van der Waals surface area contributed by atoms with Gasteiger partial charge in [-0.05, 0) is 54.6 Å². The fourth-order valence-electron chi connectivity index (χ4n) is 4.95. The molecule has 3 aromatic heterocycles. The van der Waals surface area contributed by atoms with E-state index in [0.29, 0.717) is 11.5 Å². The van der Waals surface area contributed by atoms with Crippen LogP contribution in [-0.4, -0.2) is 14.5 Å². The SMILES string of the molecule is Cn1ccnc1-c1cc(Oc2cccc(N(c3ccccc3)c3ccccn3)c2)cc2c1oc1ccccc12. The molecule has 0 bridgehead atoms. The molecule has 0 fully saturated rings. The number of rotatable bonds is 6. The summed E-state index contributed by atoms with van der Waals surface area (Å²) in [6, 6.07) is 36.2. The molecule has 6 heteroatoms. The lowest BCUT2D eigenvalue weighted by Crippen LogP contribution is -2.11. The number of ether oxygens (including phenoxy) is 1. The van der Waals surface area contributed by atoms with Crippen LogP contribution in [0.25, 0.3) is 33.3 Å². The Balaban J connectivity index is 1.34. The summed E-state index contributed by atoms with van der Waals surface area (Å²) in [6.07, 6.45) is 5.52. The average Bonchev–Trinajstić information content (AvgIpc) is 3.58. The van der Waals surface area contributed by atoms with Crippen molar-refractivity contribution >= 4 is 39.1 Å². The molecule has 0 saturated carbocycles. The number of pyridine rings is 1. The van der Waals surface area contributed by atoms with Crippen molar-refractivity contribution in [2.75, 3.05) is 4.90 Å². The third kappa shape index (κ3) is 4.18. The topological polar surface area (TPSA) is 56.3 Å². The highest BCUT2D eigenvalue weighted by Crippen LogP contribution is 2.40. The normalized spacial score (nSPS) is 11.2. The van der Waals surface area contributed by atoms with Gasteiger partial charge in [-0.3, -0.25) is 4.90 Å². The van der Waals surface area contributed by atoms with Crippen molar-refractivity contribution in [3.8, 4) is 22.9 Å². The number of hydrogen-bond donors (Lipinski definition) is 0. The Morgan fingerprint density at radius 3 is 2.33 bits per heavy atom. The van der Waals surface area contributed by atoms with Crippen LogP contribution in [0.5, 0.6) is 11.5 Å². The molecule has 0 aliphatic heterocycles. The van der Waals surface area contributed by atoms with Gasteiger partial charge in [0.1, 0.15) is 34.3 Å². The van der Waals surface area contributed by atoms with Gasteiger partial charge in [0.2, 0.25) is 0 Å². The first kappa shape index (κ1) is 22.8. The maximum atomic E-state index is 6.52. The first-order valence-electron chi connectivity index (χ1n) is 12.7. The smallest absolute Gasteiger partial charge is 0.146 e. The van der Waals surface area contributed by atoms with Gasteiger partial charge in [-0.25, -0.2) is 9.97 Å². The van der Waals surface area contributed by atoms with Crippen molar-refractivity contribution in [1.82, 2.24) is 14.5 Å². The zero-order valence-electron chi connectivity index (χ0n) is 21.2. The highest BCUT2D eigenvalue weighted by atomic mass is 16.5. The van der Waals surface area contributed by atoms with Crippen LogP contribution >= 0.6 is 0 Å². The Labute approximate surface area is 225 Å². The molecular weight excluding hydrogens is 484 g/mol. The Morgan fingerprint density at radius 1 is 0.692 bits per heavy atom. The third-order valence-electron chi connectivity index (χ3n) is 6.72. The maximum Gasteiger partial charge on any atom is 0.146 e. The molecule has 39 heavy (non-hydrogen) atoms. The van der Waals surface area contributed by atoms with Crippen LogP contribution in [0.1, 0.15) is 0 Å². The van der Waals surface area contributed by atoms with Gasteiger partial charge >= 0.3 is 0 Å². The average molecular weight is 509 g/mol. The molecule has 4 aromatic carbocycles. The quantitative estimate of drug-likeness (QED) is 0.225. The number of fused-ring (bicyclic) bond motifs is 3. The number of imidazole rings is 1. The number of nitrogens with zero attached hydrogens (tertiary/aromatic N) is 4. The van der Waals surface area contributed by atoms with E-state index < -0.39 is 0 Å². The van der Waals surface area contributed by atoms with E-state index in [1.807, 2.05) is 103 Å². The van der Waals surface area contributed by atoms with Crippen LogP contribution in [0, 0.1) is 0 Å². The van der Waals surface area contributed by atoms with Crippen molar-refractivity contribution in [3.05, 3.63) is 128 Å². The molecule has 0 atom stereocenters. The second-order valence-corrected chi connectivity index (χ2v) is 9.27. The van der Waals surface area contributed by atoms with Gasteiger partial charge < -0.3 is 13.7 Å². The number of aromatic nitrogens is 3. The largest absolute Gasteiger partial charge is 0.457 e. The highest BCUT2D eigenvalue weighted by molar-refractivity contribution is 6.09. The molecule has 3 heterocycles. The predicted molar refractivity (Wildman–Crippen MR) is 155 cm³/mol. The monoisotopic (exact) mass is 508 g/mol. The first-order valence-corrected chi connectivity index (χ1v) is 12.7. The van der Waals surface area contributed by atoms with E-state index in [2.05, 4.69) is 39.1 Å². The molecular formula is C33H24N4O2. The lowest BCUT2D eigenvalue weighted by Gasteiger charge is -2.24. The van der Waals surface area contributed by atoms with Crippen LogP contribution in [-0.2, 0) is 7.05 Å². The molecule has 0 aliphatic rings. The molecule has 0 amide bonds. The van der Waals surface area contributed by atoms with Gasteiger partial charge in [-0.1, -0.05) is 48.5 Å². The van der Waals surface area contributed by atoms with E-state index >= 15 is 0 Å². The minimum Gasteiger partial charge on any atom is -0.457 e. The Hall–Kier alpha value is -5.36. The zero-order chi connectivity index (χ0) is 26.2. The number of furan rings is 1. The summed E-state index contributed by atoms with van der Waals surface area (Å²) in [7, 11) is 1.98. The molecule has 0 saturated heterocycles. The summed E-state index contributed by atoms with van der Waals surface area (Å²) in [5.74, 6) is 3.04. The van der Waals surface area contributed by atoms with E-state index in [4.69, 9.17) is 9.15 Å². The van der Waals surface area contributed by atoms with E-state index in [9.17, 15) is 0 Å². The molecule has 0 aliphatic carbocycles. The van der Waals surface area contributed by atoms with Crippen molar-refractivity contribution in [2.45, 2.75) is 0 Å². The van der Waals surface area contributed by atoms with Gasteiger partial charge in [0.05, 0.1) is 11.3 Å². The molecule has 0 radical (unpaired) electrons. The summed E-state index contributed by atoms with van der Waals surface area (Å²) < 4.78 is 14.8. The number of para-hydroxylation sites is 2. The van der Waals surface area contributed by atoms with Crippen molar-refractivity contribution in [3.63, 3.8) is 0 Å². The second kappa shape index (κ2) is 9.50. The van der Waals surface area contributed by atoms with Crippen molar-refractivity contribution < 1.29 is 9.15 Å². The fraction of sp³-hybridized carbons (Fsp3) is 0.0303. The van der Waals surface area contributed by atoms with E-state index in [1.165, 1.54) is 0 Å². The van der Waals surface area contributed by atoms with Gasteiger partial charge in [0.25, 0.3) is 0 Å². The third-order valence-corrected chi connectivity index (χ3v) is 6.72. The summed E-state index contributed by atoms with van der Waals surface area (Å²) in [5, 5.41) is 2.02. The zero-order valence-corrected chi connectivity index (χ0v) is 21.2. The van der Waals surface area contributed by atoms with Crippen molar-refractivity contribution in [2.24, 2.45) is 7.05 Å². The summed E-state index contributed by atoms with van der Waals surface area (Å²) in [6.45, 7) is 0. The van der Waals surface area contributed by atoms with E-state index in [-0.39, 0.29) is 0 Å². The second-order valence-electron chi connectivity index (χ2n) is 9.27. The lowest BCUT2D eigenvalue weighted by atomic mass is 10.1. The lowest BCUT2D eigenvalue weighted by molar-refractivity contribution is 0.483. The number of aryl methyl sites for hydroxylation is 1. The van der Waals surface area contributed by atoms with Gasteiger partial charge in [-0.15, -0.1) is 0 Å². The molecule has 7 aromatic rings. The molecule has 0 unspecified atom stereocenters. The Bertz CT molecular complexity index is 1870. The van der Waals surface area contributed by atoms with E-state index in [0.717, 1.165) is 50.5 Å². The van der Waals surface area contributed by atoms with Gasteiger partial charge in [-0.2, -0.15) is 0 Å². The Morgan fingerprint density at radius 2 is 1.51 bits per heavy atom. The van der Waals surface area contributed by atoms with Crippen molar-refractivity contribution in [1.29, 1.82) is 0 Å². The summed E-state index contributed by atoms with van der Waals surface area (Å²) in [4.78, 5) is 11.3. The van der Waals surface area contributed by atoms with Gasteiger partial charge in [0, 0.05) is 48.2 Å². The summed E-state index contributed by atoms with van der Waals surface area (Å²) in [5.41, 5.74) is 4.45. The Kier molecular flexibility index (Phi) is 5.56. The van der Waals surface area contributed by atoms with Crippen LogP contribution in [0.15, 0.2) is 132 Å². The highest BCUT2D eigenvalue weighted by Gasteiger charge is 2.18. The molecule has 7 rings (SSSR count). The molecule has 188 valence electrons. The molecule has 6 nitrogen and oxygen atoms in total. The van der Waals surface area contributed by atoms with Crippen LogP contribution < -0.4 is 9.64 Å². The van der Waals surface area contributed by atoms with Crippen LogP contribution in [0.2, 0.25) is 0 Å². The molecule has 0 N–H and O–H groups in total. The summed E-state index contributed by atoms with van der Waals surface area (Å²) >= 11 is 0. The van der Waals surface area contributed by atoms with Crippen LogP contribution in [0.4, 0.5) is 17.2 Å². The first-order chi connectivity index (χ1) is 19.2. The minimum atomic E-state index is 0.702. The van der Waals surface area contributed by atoms with Gasteiger partial charge in [0.15, 0.2) is 0 Å². The molecule has 0 spiro atoms. The standard InChI is InChI=1S/C33H24N4O2/c1-36-19-18-35-33(36)29-22-26(21-28-27-14-5-6-15-30(27)39-32(28)29)38-25-13-9-12-24(20-25)37(23-10-3-2-4-11-23)31-16-7-8-17-34-31/h2-22H,1H3.